The molecule has 1 aliphatic rings. The van der Waals surface area contributed by atoms with Gasteiger partial charge in [-0.2, -0.15) is 8.78 Å². The van der Waals surface area contributed by atoms with Gasteiger partial charge in [-0.3, -0.25) is 0 Å². The third-order valence-corrected chi connectivity index (χ3v) is 6.49. The van der Waals surface area contributed by atoms with Crippen LogP contribution in [0.4, 0.5) is 14.7 Å². The fourth-order valence-corrected chi connectivity index (χ4v) is 4.56. The van der Waals surface area contributed by atoms with Gasteiger partial charge >= 0.3 is 6.61 Å². The monoisotopic (exact) mass is 479 g/mol. The Hall–Kier alpha value is -3.59. The molecule has 0 unspecified atom stereocenters. The summed E-state index contributed by atoms with van der Waals surface area (Å²) in [6.45, 7) is 1.14. The number of alkyl halides is 2. The third kappa shape index (κ3) is 4.95. The lowest BCUT2D eigenvalue weighted by Crippen LogP contribution is -2.37. The number of rotatable bonds is 7. The second kappa shape index (κ2) is 9.95. The molecule has 0 bridgehead atoms. The zero-order valence-corrected chi connectivity index (χ0v) is 19.7. The van der Waals surface area contributed by atoms with Crippen molar-refractivity contribution in [2.45, 2.75) is 39.0 Å². The summed E-state index contributed by atoms with van der Waals surface area (Å²) in [5.74, 6) is 1.68. The molecule has 5 rings (SSSR count). The second-order valence-electron chi connectivity index (χ2n) is 8.63. The Labute approximate surface area is 202 Å². The summed E-state index contributed by atoms with van der Waals surface area (Å²) < 4.78 is 37.9. The molecule has 0 radical (unpaired) electrons. The van der Waals surface area contributed by atoms with Gasteiger partial charge in [-0.1, -0.05) is 24.3 Å². The van der Waals surface area contributed by atoms with Gasteiger partial charge in [0.25, 0.3) is 0 Å². The first-order valence-corrected chi connectivity index (χ1v) is 11.6. The third-order valence-electron chi connectivity index (χ3n) is 6.49. The van der Waals surface area contributed by atoms with Crippen LogP contribution in [0.15, 0.2) is 54.9 Å². The fraction of sp³-hybridized carbons (Fsp3) is 0.346. The maximum Gasteiger partial charge on any atom is 0.387 e. The molecule has 0 saturated carbocycles. The lowest BCUT2D eigenvalue weighted by molar-refractivity contribution is -0.0504. The van der Waals surface area contributed by atoms with Crippen molar-refractivity contribution in [1.82, 2.24) is 19.5 Å². The molecule has 3 heterocycles. The largest absolute Gasteiger partial charge is 0.434 e. The van der Waals surface area contributed by atoms with E-state index < -0.39 is 6.61 Å². The van der Waals surface area contributed by atoms with Gasteiger partial charge in [-0.25, -0.2) is 15.0 Å². The smallest absolute Gasteiger partial charge is 0.387 e. The number of hydrogen-bond donors (Lipinski definition) is 0. The first-order chi connectivity index (χ1) is 17.0. The number of nitrogens with zero attached hydrogens (tertiary/aromatic N) is 5. The van der Waals surface area contributed by atoms with Gasteiger partial charge in [0.15, 0.2) is 0 Å². The van der Waals surface area contributed by atoms with E-state index in [1.54, 1.807) is 25.3 Å². The molecule has 182 valence electrons. The maximum atomic E-state index is 12.9. The van der Waals surface area contributed by atoms with E-state index in [9.17, 15) is 8.78 Å². The number of benzene rings is 2. The van der Waals surface area contributed by atoms with Crippen molar-refractivity contribution in [3.8, 4) is 16.9 Å². The number of imidazole rings is 1. The van der Waals surface area contributed by atoms with Gasteiger partial charge in [-0.05, 0) is 43.5 Å². The van der Waals surface area contributed by atoms with Gasteiger partial charge in [0.1, 0.15) is 11.6 Å². The minimum atomic E-state index is -2.88. The quantitative estimate of drug-likeness (QED) is 0.369. The molecular formula is C26H27F2N5O2. The molecule has 0 aliphatic carbocycles. The van der Waals surface area contributed by atoms with E-state index in [-0.39, 0.29) is 5.75 Å². The van der Waals surface area contributed by atoms with Crippen LogP contribution >= 0.6 is 0 Å². The molecule has 1 saturated heterocycles. The van der Waals surface area contributed by atoms with E-state index in [2.05, 4.69) is 19.9 Å². The molecule has 0 amide bonds. The summed E-state index contributed by atoms with van der Waals surface area (Å²) in [6, 6.07) is 12.8. The van der Waals surface area contributed by atoms with Gasteiger partial charge < -0.3 is 18.9 Å². The highest BCUT2D eigenvalue weighted by Crippen LogP contribution is 2.28. The zero-order chi connectivity index (χ0) is 24.4. The minimum absolute atomic E-state index is 0.165. The van der Waals surface area contributed by atoms with Crippen LogP contribution in [-0.2, 0) is 11.3 Å². The first kappa shape index (κ1) is 23.2. The lowest BCUT2D eigenvalue weighted by atomic mass is 10.1. The molecule has 0 spiro atoms. The Morgan fingerprint density at radius 1 is 1.03 bits per heavy atom. The predicted octanol–water partition coefficient (Wildman–Crippen LogP) is 5.07. The molecule has 9 heteroatoms. The Kier molecular flexibility index (Phi) is 6.59. The van der Waals surface area contributed by atoms with Gasteiger partial charge in [0.05, 0.1) is 23.7 Å². The van der Waals surface area contributed by atoms with Crippen LogP contribution < -0.4 is 9.64 Å². The summed E-state index contributed by atoms with van der Waals surface area (Å²) in [6.07, 6.45) is 5.91. The van der Waals surface area contributed by atoms with E-state index in [0.717, 1.165) is 59.9 Å². The number of aryl methyl sites for hydroxylation is 1. The van der Waals surface area contributed by atoms with Crippen molar-refractivity contribution in [3.63, 3.8) is 0 Å². The molecule has 1 fully saturated rings. The molecule has 0 N–H and O–H groups in total. The summed E-state index contributed by atoms with van der Waals surface area (Å²) in [5, 5.41) is 0. The number of halogens is 2. The van der Waals surface area contributed by atoms with Gasteiger partial charge in [0, 0.05) is 43.7 Å². The Bertz CT molecular complexity index is 1300. The molecule has 4 aromatic rings. The molecule has 2 aromatic heterocycles. The molecule has 2 aromatic carbocycles. The molecular weight excluding hydrogens is 452 g/mol. The highest BCUT2D eigenvalue weighted by Gasteiger charge is 2.20. The van der Waals surface area contributed by atoms with Gasteiger partial charge in [0.2, 0.25) is 5.95 Å². The van der Waals surface area contributed by atoms with E-state index >= 15 is 0 Å². The Morgan fingerprint density at radius 2 is 1.77 bits per heavy atom. The van der Waals surface area contributed by atoms with Crippen LogP contribution in [0.5, 0.6) is 5.75 Å². The van der Waals surface area contributed by atoms with Crippen LogP contribution in [0.2, 0.25) is 0 Å². The predicted molar refractivity (Wildman–Crippen MR) is 130 cm³/mol. The van der Waals surface area contributed by atoms with Crippen LogP contribution in [0.3, 0.4) is 0 Å². The highest BCUT2D eigenvalue weighted by atomic mass is 19.3. The summed E-state index contributed by atoms with van der Waals surface area (Å²) in [4.78, 5) is 16.0. The van der Waals surface area contributed by atoms with Crippen LogP contribution in [-0.4, -0.2) is 52.4 Å². The highest BCUT2D eigenvalue weighted by molar-refractivity contribution is 5.82. The van der Waals surface area contributed by atoms with E-state index in [1.165, 1.54) is 0 Å². The summed E-state index contributed by atoms with van der Waals surface area (Å²) >= 11 is 0. The zero-order valence-electron chi connectivity index (χ0n) is 19.7. The number of para-hydroxylation sites is 1. The topological polar surface area (TPSA) is 65.3 Å². The number of methoxy groups -OCH3 is 1. The van der Waals surface area contributed by atoms with E-state index in [1.807, 2.05) is 48.1 Å². The molecule has 0 atom stereocenters. The van der Waals surface area contributed by atoms with Crippen molar-refractivity contribution in [3.05, 3.63) is 66.2 Å². The average Bonchev–Trinajstić information content (AvgIpc) is 3.19. The summed E-state index contributed by atoms with van der Waals surface area (Å²) in [7, 11) is 1.76. The van der Waals surface area contributed by atoms with E-state index in [4.69, 9.17) is 9.47 Å². The number of aromatic nitrogens is 4. The second-order valence-corrected chi connectivity index (χ2v) is 8.63. The van der Waals surface area contributed by atoms with Crippen molar-refractivity contribution in [2.24, 2.45) is 0 Å². The molecule has 7 nitrogen and oxygen atoms in total. The normalized spacial score (nSPS) is 14.7. The number of anilines is 1. The number of hydrogen-bond acceptors (Lipinski definition) is 6. The van der Waals surface area contributed by atoms with Crippen LogP contribution in [0, 0.1) is 6.92 Å². The average molecular weight is 480 g/mol. The van der Waals surface area contributed by atoms with Crippen LogP contribution in [0.1, 0.15) is 24.2 Å². The molecule has 1 aliphatic heterocycles. The number of ether oxygens (including phenoxy) is 2. The van der Waals surface area contributed by atoms with Crippen molar-refractivity contribution in [2.75, 3.05) is 25.1 Å². The lowest BCUT2D eigenvalue weighted by Gasteiger charge is -2.31. The maximum absolute atomic E-state index is 12.9. The standard InChI is InChI=1S/C26H27F2N5O2/c1-17-31-22-8-7-18(20-14-29-26(30-15-20)32-11-9-21(34-2)10-12-32)13-23(22)33(17)16-19-5-3-4-6-24(19)35-25(27)28/h3-8,13-15,21,25H,9-12,16H2,1-2H3. The van der Waals surface area contributed by atoms with E-state index in [0.29, 0.717) is 18.2 Å². The Balaban J connectivity index is 1.41. The number of fused-ring (bicyclic) bond motifs is 1. The number of piperidine rings is 1. The summed E-state index contributed by atoms with van der Waals surface area (Å²) in [5.41, 5.74) is 4.25. The van der Waals surface area contributed by atoms with Crippen LogP contribution in [0.25, 0.3) is 22.2 Å². The minimum Gasteiger partial charge on any atom is -0.434 e. The fourth-order valence-electron chi connectivity index (χ4n) is 4.56. The molecule has 35 heavy (non-hydrogen) atoms. The van der Waals surface area contributed by atoms with Crippen molar-refractivity contribution >= 4 is 17.0 Å². The van der Waals surface area contributed by atoms with Gasteiger partial charge in [-0.15, -0.1) is 0 Å². The van der Waals surface area contributed by atoms with Crippen molar-refractivity contribution < 1.29 is 18.3 Å². The van der Waals surface area contributed by atoms with Crippen molar-refractivity contribution in [1.29, 1.82) is 0 Å². The first-order valence-electron chi connectivity index (χ1n) is 11.6. The Morgan fingerprint density at radius 3 is 2.49 bits per heavy atom. The SMILES string of the molecule is COC1CCN(c2ncc(-c3ccc4nc(C)n(Cc5ccccc5OC(F)F)c4c3)cn2)CC1.